The average molecular weight is 333 g/mol. The van der Waals surface area contributed by atoms with E-state index in [1.54, 1.807) is 18.6 Å². The summed E-state index contributed by atoms with van der Waals surface area (Å²) in [6.45, 7) is 4.31. The van der Waals surface area contributed by atoms with E-state index in [0.29, 0.717) is 12.4 Å². The zero-order valence-corrected chi connectivity index (χ0v) is 14.1. The van der Waals surface area contributed by atoms with Crippen LogP contribution in [0.5, 0.6) is 0 Å². The van der Waals surface area contributed by atoms with Crippen molar-refractivity contribution in [3.8, 4) is 11.4 Å². The SMILES string of the molecule is Cc1ncccc1CN1CCc2nc(-c3ccncc3)[nH]c(=O)c2C1. The first-order valence-corrected chi connectivity index (χ1v) is 8.36. The fourth-order valence-electron chi connectivity index (χ4n) is 3.19. The van der Waals surface area contributed by atoms with Gasteiger partial charge in [0.2, 0.25) is 0 Å². The van der Waals surface area contributed by atoms with Crippen LogP contribution in [0.2, 0.25) is 0 Å². The number of aromatic amines is 1. The number of H-pyrrole nitrogens is 1. The Morgan fingerprint density at radius 3 is 2.84 bits per heavy atom. The highest BCUT2D eigenvalue weighted by Gasteiger charge is 2.22. The van der Waals surface area contributed by atoms with Crippen LogP contribution in [0.15, 0.2) is 47.7 Å². The summed E-state index contributed by atoms with van der Waals surface area (Å²) in [5, 5.41) is 0. The van der Waals surface area contributed by atoms with Gasteiger partial charge in [-0.2, -0.15) is 0 Å². The fraction of sp³-hybridized carbons (Fsp3) is 0.263. The van der Waals surface area contributed by atoms with E-state index in [2.05, 4.69) is 30.9 Å². The van der Waals surface area contributed by atoms with Gasteiger partial charge in [0.15, 0.2) is 0 Å². The zero-order valence-electron chi connectivity index (χ0n) is 14.1. The van der Waals surface area contributed by atoms with Gasteiger partial charge in [0.1, 0.15) is 5.82 Å². The van der Waals surface area contributed by atoms with Crippen molar-refractivity contribution in [2.75, 3.05) is 6.54 Å². The van der Waals surface area contributed by atoms with Crippen molar-refractivity contribution in [3.63, 3.8) is 0 Å². The summed E-state index contributed by atoms with van der Waals surface area (Å²) in [6.07, 6.45) is 5.98. The molecule has 0 bridgehead atoms. The molecule has 0 radical (unpaired) electrons. The average Bonchev–Trinajstić information content (AvgIpc) is 2.65. The maximum Gasteiger partial charge on any atom is 0.255 e. The smallest absolute Gasteiger partial charge is 0.255 e. The molecule has 3 aromatic rings. The Labute approximate surface area is 145 Å². The molecule has 0 aliphatic carbocycles. The largest absolute Gasteiger partial charge is 0.306 e. The third-order valence-corrected chi connectivity index (χ3v) is 4.61. The van der Waals surface area contributed by atoms with Gasteiger partial charge in [0.25, 0.3) is 5.56 Å². The van der Waals surface area contributed by atoms with Crippen molar-refractivity contribution < 1.29 is 0 Å². The van der Waals surface area contributed by atoms with Crippen molar-refractivity contribution in [2.45, 2.75) is 26.4 Å². The Morgan fingerprint density at radius 2 is 2.04 bits per heavy atom. The van der Waals surface area contributed by atoms with Gasteiger partial charge >= 0.3 is 0 Å². The van der Waals surface area contributed by atoms with E-state index in [9.17, 15) is 4.79 Å². The van der Waals surface area contributed by atoms with Crippen LogP contribution in [0.3, 0.4) is 0 Å². The molecule has 0 atom stereocenters. The van der Waals surface area contributed by atoms with E-state index < -0.39 is 0 Å². The summed E-state index contributed by atoms with van der Waals surface area (Å²) in [7, 11) is 0. The number of nitrogens with one attached hydrogen (secondary N) is 1. The van der Waals surface area contributed by atoms with Crippen molar-refractivity contribution in [2.24, 2.45) is 0 Å². The number of fused-ring (bicyclic) bond motifs is 1. The summed E-state index contributed by atoms with van der Waals surface area (Å²) >= 11 is 0. The molecule has 1 aliphatic heterocycles. The van der Waals surface area contributed by atoms with Gasteiger partial charge in [0.05, 0.1) is 11.3 Å². The molecule has 4 heterocycles. The highest BCUT2D eigenvalue weighted by atomic mass is 16.1. The number of nitrogens with zero attached hydrogens (tertiary/aromatic N) is 4. The van der Waals surface area contributed by atoms with Crippen LogP contribution >= 0.6 is 0 Å². The van der Waals surface area contributed by atoms with Crippen LogP contribution in [0.25, 0.3) is 11.4 Å². The molecule has 6 heteroatoms. The highest BCUT2D eigenvalue weighted by Crippen LogP contribution is 2.20. The Kier molecular flexibility index (Phi) is 4.11. The molecule has 0 saturated heterocycles. The van der Waals surface area contributed by atoms with Crippen LogP contribution in [0.1, 0.15) is 22.5 Å². The molecule has 3 aromatic heterocycles. The van der Waals surface area contributed by atoms with Gasteiger partial charge in [-0.15, -0.1) is 0 Å². The molecule has 25 heavy (non-hydrogen) atoms. The minimum absolute atomic E-state index is 0.0515. The molecule has 0 unspecified atom stereocenters. The number of hydrogen-bond donors (Lipinski definition) is 1. The molecule has 0 saturated carbocycles. The summed E-state index contributed by atoms with van der Waals surface area (Å²) in [5.74, 6) is 0.614. The van der Waals surface area contributed by atoms with E-state index in [-0.39, 0.29) is 5.56 Å². The van der Waals surface area contributed by atoms with Crippen LogP contribution < -0.4 is 5.56 Å². The molecule has 4 rings (SSSR count). The highest BCUT2D eigenvalue weighted by molar-refractivity contribution is 5.54. The Morgan fingerprint density at radius 1 is 1.20 bits per heavy atom. The first kappa shape index (κ1) is 15.7. The molecule has 0 fully saturated rings. The summed E-state index contributed by atoms with van der Waals surface area (Å²) in [4.78, 5) is 30.8. The second-order valence-electron chi connectivity index (χ2n) is 6.28. The Balaban J connectivity index is 1.60. The Bertz CT molecular complexity index is 952. The van der Waals surface area contributed by atoms with Gasteiger partial charge in [-0.25, -0.2) is 4.98 Å². The van der Waals surface area contributed by atoms with E-state index in [4.69, 9.17) is 0 Å². The van der Waals surface area contributed by atoms with E-state index in [1.807, 2.05) is 25.1 Å². The number of aryl methyl sites for hydroxylation is 1. The van der Waals surface area contributed by atoms with Crippen LogP contribution in [0, 0.1) is 6.92 Å². The predicted molar refractivity (Wildman–Crippen MR) is 94.9 cm³/mol. The minimum Gasteiger partial charge on any atom is -0.306 e. The van der Waals surface area contributed by atoms with E-state index >= 15 is 0 Å². The molecule has 6 nitrogen and oxygen atoms in total. The van der Waals surface area contributed by atoms with E-state index in [1.165, 1.54) is 5.56 Å². The number of pyridine rings is 2. The number of hydrogen-bond acceptors (Lipinski definition) is 5. The quantitative estimate of drug-likeness (QED) is 0.794. The zero-order chi connectivity index (χ0) is 17.2. The van der Waals surface area contributed by atoms with Gasteiger partial charge in [-0.3, -0.25) is 19.7 Å². The molecule has 126 valence electrons. The number of aromatic nitrogens is 4. The summed E-state index contributed by atoms with van der Waals surface area (Å²) < 4.78 is 0. The van der Waals surface area contributed by atoms with Gasteiger partial charge in [-0.05, 0) is 30.7 Å². The lowest BCUT2D eigenvalue weighted by molar-refractivity contribution is 0.241. The fourth-order valence-corrected chi connectivity index (χ4v) is 3.19. The topological polar surface area (TPSA) is 74.8 Å². The predicted octanol–water partition coefficient (Wildman–Crippen LogP) is 2.09. The van der Waals surface area contributed by atoms with Crippen molar-refractivity contribution >= 4 is 0 Å². The lowest BCUT2D eigenvalue weighted by Crippen LogP contribution is -2.35. The maximum atomic E-state index is 12.6. The molecule has 0 aromatic carbocycles. The van der Waals surface area contributed by atoms with Crippen LogP contribution in [-0.4, -0.2) is 31.4 Å². The monoisotopic (exact) mass is 333 g/mol. The van der Waals surface area contributed by atoms with Gasteiger partial charge in [0, 0.05) is 55.9 Å². The lowest BCUT2D eigenvalue weighted by atomic mass is 10.1. The van der Waals surface area contributed by atoms with Gasteiger partial charge in [-0.1, -0.05) is 6.07 Å². The van der Waals surface area contributed by atoms with E-state index in [0.717, 1.165) is 42.0 Å². The normalized spacial score (nSPS) is 14.3. The molecule has 0 amide bonds. The third-order valence-electron chi connectivity index (χ3n) is 4.61. The second-order valence-corrected chi connectivity index (χ2v) is 6.28. The summed E-state index contributed by atoms with van der Waals surface area (Å²) in [6, 6.07) is 7.75. The molecule has 1 aliphatic rings. The van der Waals surface area contributed by atoms with Crippen LogP contribution in [-0.2, 0) is 19.5 Å². The third kappa shape index (κ3) is 3.21. The maximum absolute atomic E-state index is 12.6. The first-order valence-electron chi connectivity index (χ1n) is 8.36. The molecular formula is C19H19N5O. The Hall–Kier alpha value is -2.86. The molecule has 0 spiro atoms. The van der Waals surface area contributed by atoms with Crippen molar-refractivity contribution in [3.05, 3.63) is 75.7 Å². The second kappa shape index (κ2) is 6.57. The number of rotatable bonds is 3. The first-order chi connectivity index (χ1) is 12.2. The van der Waals surface area contributed by atoms with Crippen molar-refractivity contribution in [1.82, 2.24) is 24.8 Å². The molecular weight excluding hydrogens is 314 g/mol. The lowest BCUT2D eigenvalue weighted by Gasteiger charge is -2.28. The standard InChI is InChI=1S/C19H19N5O/c1-13-15(3-2-7-21-13)11-24-10-6-17-16(12-24)19(25)23-18(22-17)14-4-8-20-9-5-14/h2-5,7-9H,6,10-12H2,1H3,(H,22,23,25). The van der Waals surface area contributed by atoms with Gasteiger partial charge < -0.3 is 4.98 Å². The van der Waals surface area contributed by atoms with Crippen LogP contribution in [0.4, 0.5) is 0 Å². The van der Waals surface area contributed by atoms with Crippen molar-refractivity contribution in [1.29, 1.82) is 0 Å². The minimum atomic E-state index is -0.0515. The molecule has 1 N–H and O–H groups in total. The summed E-state index contributed by atoms with van der Waals surface area (Å²) in [5.41, 5.74) is 4.73.